The van der Waals surface area contributed by atoms with Crippen LogP contribution in [0.4, 0.5) is 0 Å². The molecule has 0 N–H and O–H groups in total. The van der Waals surface area contributed by atoms with Crippen molar-refractivity contribution in [2.24, 2.45) is 17.8 Å². The molecule has 12 heavy (non-hydrogen) atoms. The second kappa shape index (κ2) is 2.03. The first-order chi connectivity index (χ1) is 5.72. The van der Waals surface area contributed by atoms with Crippen molar-refractivity contribution in [3.63, 3.8) is 0 Å². The van der Waals surface area contributed by atoms with E-state index in [1.165, 1.54) is 6.42 Å². The Morgan fingerprint density at radius 3 is 3.17 bits per heavy atom. The minimum atomic E-state index is -0.152. The molecule has 0 aliphatic heterocycles. The number of halogens is 1. The maximum atomic E-state index is 11.9. The van der Waals surface area contributed by atoms with Crippen molar-refractivity contribution < 1.29 is 4.79 Å². The Kier molecular flexibility index (Phi) is 1.24. The fourth-order valence-electron chi connectivity index (χ4n) is 3.07. The van der Waals surface area contributed by atoms with Crippen molar-refractivity contribution in [3.05, 3.63) is 12.2 Å². The summed E-state index contributed by atoms with van der Waals surface area (Å²) in [6.45, 7) is 0. The Morgan fingerprint density at radius 1 is 1.50 bits per heavy atom. The third-order valence-corrected chi connectivity index (χ3v) is 5.16. The maximum absolute atomic E-state index is 11.9. The predicted molar refractivity (Wildman–Crippen MR) is 50.1 cm³/mol. The molecule has 3 rings (SSSR count). The number of hydrogen-bond acceptors (Lipinski definition) is 1. The summed E-state index contributed by atoms with van der Waals surface area (Å²) in [5.74, 6) is 1.90. The molecule has 4 unspecified atom stereocenters. The number of Topliss-reactive ketones (excluding diaryl/α,β-unsaturated/α-hetero) is 1. The summed E-state index contributed by atoms with van der Waals surface area (Å²) in [6, 6.07) is 0. The van der Waals surface area contributed by atoms with Crippen molar-refractivity contribution in [3.8, 4) is 0 Å². The minimum absolute atomic E-state index is 0.152. The van der Waals surface area contributed by atoms with Gasteiger partial charge in [-0.1, -0.05) is 28.1 Å². The lowest BCUT2D eigenvalue weighted by molar-refractivity contribution is -0.125. The molecule has 4 bridgehead atoms. The number of carbonyl (C=O) groups excluding carboxylic acids is 1. The zero-order valence-electron chi connectivity index (χ0n) is 6.79. The molecule has 0 aromatic carbocycles. The molecule has 0 aromatic rings. The lowest BCUT2D eigenvalue weighted by atomic mass is 9.77. The van der Waals surface area contributed by atoms with Gasteiger partial charge in [0.05, 0.1) is 4.32 Å². The van der Waals surface area contributed by atoms with Gasteiger partial charge in [-0.15, -0.1) is 0 Å². The average molecular weight is 227 g/mol. The number of allylic oxidation sites excluding steroid dienone is 2. The predicted octanol–water partition coefficient (Wildman–Crippen LogP) is 2.31. The largest absolute Gasteiger partial charge is 0.298 e. The zero-order valence-corrected chi connectivity index (χ0v) is 8.38. The van der Waals surface area contributed by atoms with Gasteiger partial charge in [-0.25, -0.2) is 0 Å². The molecule has 3 aliphatic carbocycles. The number of alkyl halides is 1. The first-order valence-electron chi connectivity index (χ1n) is 4.63. The van der Waals surface area contributed by atoms with E-state index >= 15 is 0 Å². The second-order valence-electron chi connectivity index (χ2n) is 4.26. The van der Waals surface area contributed by atoms with Crippen LogP contribution in [0.25, 0.3) is 0 Å². The van der Waals surface area contributed by atoms with Gasteiger partial charge in [0.1, 0.15) is 0 Å². The van der Waals surface area contributed by atoms with Gasteiger partial charge in [0.25, 0.3) is 0 Å². The SMILES string of the molecule is O=C1C2CCC1(Br)C1C=CC2C1. The van der Waals surface area contributed by atoms with E-state index in [4.69, 9.17) is 0 Å². The monoisotopic (exact) mass is 226 g/mol. The van der Waals surface area contributed by atoms with Crippen molar-refractivity contribution in [2.75, 3.05) is 0 Å². The summed E-state index contributed by atoms with van der Waals surface area (Å²) in [5, 5.41) is 0. The lowest BCUT2D eigenvalue weighted by Gasteiger charge is -2.32. The molecule has 0 amide bonds. The molecule has 2 heteroatoms. The Labute approximate surface area is 80.3 Å². The minimum Gasteiger partial charge on any atom is -0.298 e. The molecule has 2 fully saturated rings. The molecule has 2 saturated carbocycles. The number of carbonyl (C=O) groups is 1. The summed E-state index contributed by atoms with van der Waals surface area (Å²) in [6.07, 6.45) is 7.88. The van der Waals surface area contributed by atoms with Gasteiger partial charge >= 0.3 is 0 Å². The standard InChI is InChI=1S/C10H11BrO/c11-10-4-3-8(9(10)12)6-1-2-7(10)5-6/h1-2,6-8H,3-5H2. The normalized spacial score (nSPS) is 55.1. The van der Waals surface area contributed by atoms with E-state index in [2.05, 4.69) is 28.1 Å². The van der Waals surface area contributed by atoms with Gasteiger partial charge in [-0.05, 0) is 31.1 Å². The summed E-state index contributed by atoms with van der Waals surface area (Å²) in [4.78, 5) is 11.9. The number of fused-ring (bicyclic) bond motifs is 6. The van der Waals surface area contributed by atoms with E-state index < -0.39 is 0 Å². The van der Waals surface area contributed by atoms with Crippen LogP contribution >= 0.6 is 15.9 Å². The van der Waals surface area contributed by atoms with E-state index in [0.29, 0.717) is 23.5 Å². The van der Waals surface area contributed by atoms with E-state index in [1.54, 1.807) is 0 Å². The van der Waals surface area contributed by atoms with Gasteiger partial charge in [-0.2, -0.15) is 0 Å². The molecule has 0 aromatic heterocycles. The highest BCUT2D eigenvalue weighted by molar-refractivity contribution is 9.10. The summed E-state index contributed by atoms with van der Waals surface area (Å²) >= 11 is 3.65. The molecule has 0 spiro atoms. The molecule has 4 atom stereocenters. The summed E-state index contributed by atoms with van der Waals surface area (Å²) in [5.41, 5.74) is 0. The molecular weight excluding hydrogens is 216 g/mol. The average Bonchev–Trinajstić information content (AvgIpc) is 2.53. The van der Waals surface area contributed by atoms with Gasteiger partial charge in [0, 0.05) is 5.92 Å². The molecule has 0 saturated heterocycles. The van der Waals surface area contributed by atoms with Gasteiger partial charge in [-0.3, -0.25) is 4.79 Å². The molecule has 1 nitrogen and oxygen atoms in total. The quantitative estimate of drug-likeness (QED) is 0.458. The van der Waals surface area contributed by atoms with Crippen LogP contribution in [0, 0.1) is 17.8 Å². The summed E-state index contributed by atoms with van der Waals surface area (Å²) in [7, 11) is 0. The maximum Gasteiger partial charge on any atom is 0.153 e. The molecule has 0 radical (unpaired) electrons. The Morgan fingerprint density at radius 2 is 2.33 bits per heavy atom. The van der Waals surface area contributed by atoms with E-state index in [0.717, 1.165) is 12.8 Å². The van der Waals surface area contributed by atoms with Crippen LogP contribution in [0.2, 0.25) is 0 Å². The number of rotatable bonds is 0. The molecular formula is C10H11BrO. The second-order valence-corrected chi connectivity index (χ2v) is 5.68. The van der Waals surface area contributed by atoms with Crippen molar-refractivity contribution in [1.29, 1.82) is 0 Å². The van der Waals surface area contributed by atoms with Crippen molar-refractivity contribution >= 4 is 21.7 Å². The summed E-state index contributed by atoms with van der Waals surface area (Å²) < 4.78 is -0.152. The number of ketones is 1. The number of hydrogen-bond donors (Lipinski definition) is 0. The smallest absolute Gasteiger partial charge is 0.153 e. The van der Waals surface area contributed by atoms with E-state index in [1.807, 2.05) is 0 Å². The van der Waals surface area contributed by atoms with Crippen LogP contribution in [-0.2, 0) is 4.79 Å². The lowest BCUT2D eigenvalue weighted by Crippen LogP contribution is -2.41. The first-order valence-corrected chi connectivity index (χ1v) is 5.43. The highest BCUT2D eigenvalue weighted by Crippen LogP contribution is 2.56. The third-order valence-electron chi connectivity index (χ3n) is 3.79. The molecule has 64 valence electrons. The first kappa shape index (κ1) is 7.31. The fourth-order valence-corrected chi connectivity index (χ4v) is 3.93. The Bertz CT molecular complexity index is 284. The highest BCUT2D eigenvalue weighted by Gasteiger charge is 2.58. The Hall–Kier alpha value is -0.110. The van der Waals surface area contributed by atoms with E-state index in [-0.39, 0.29) is 4.32 Å². The third kappa shape index (κ3) is 0.642. The van der Waals surface area contributed by atoms with Crippen LogP contribution in [0.5, 0.6) is 0 Å². The van der Waals surface area contributed by atoms with Crippen molar-refractivity contribution in [2.45, 2.75) is 23.6 Å². The molecule has 0 heterocycles. The molecule has 3 aliphatic rings. The van der Waals surface area contributed by atoms with Crippen molar-refractivity contribution in [1.82, 2.24) is 0 Å². The zero-order chi connectivity index (χ0) is 8.34. The highest BCUT2D eigenvalue weighted by atomic mass is 79.9. The van der Waals surface area contributed by atoms with Gasteiger partial charge in [0.2, 0.25) is 0 Å². The van der Waals surface area contributed by atoms with Crippen LogP contribution in [0.1, 0.15) is 19.3 Å². The Balaban J connectivity index is 2.14. The van der Waals surface area contributed by atoms with Crippen LogP contribution in [-0.4, -0.2) is 10.1 Å². The topological polar surface area (TPSA) is 17.1 Å². The van der Waals surface area contributed by atoms with Gasteiger partial charge < -0.3 is 0 Å². The van der Waals surface area contributed by atoms with Crippen LogP contribution in [0.3, 0.4) is 0 Å². The van der Waals surface area contributed by atoms with E-state index in [9.17, 15) is 4.79 Å². The van der Waals surface area contributed by atoms with Gasteiger partial charge in [0.15, 0.2) is 5.78 Å². The fraction of sp³-hybridized carbons (Fsp3) is 0.700. The van der Waals surface area contributed by atoms with Crippen LogP contribution in [0.15, 0.2) is 12.2 Å². The van der Waals surface area contributed by atoms with Crippen LogP contribution < -0.4 is 0 Å².